The van der Waals surface area contributed by atoms with Gasteiger partial charge in [-0.25, -0.2) is 0 Å². The van der Waals surface area contributed by atoms with Crippen molar-refractivity contribution in [3.05, 3.63) is 29.3 Å². The van der Waals surface area contributed by atoms with E-state index in [0.29, 0.717) is 5.92 Å². The third-order valence-corrected chi connectivity index (χ3v) is 3.88. The molecular weight excluding hydrogens is 226 g/mol. The van der Waals surface area contributed by atoms with Crippen molar-refractivity contribution in [1.29, 1.82) is 0 Å². The van der Waals surface area contributed by atoms with E-state index in [1.807, 2.05) is 6.07 Å². The largest absolute Gasteiger partial charge is 0.392 e. The lowest BCUT2D eigenvalue weighted by Gasteiger charge is -2.33. The van der Waals surface area contributed by atoms with Crippen LogP contribution in [0.1, 0.15) is 24.0 Å². The van der Waals surface area contributed by atoms with Crippen molar-refractivity contribution in [3.8, 4) is 0 Å². The van der Waals surface area contributed by atoms with Crippen molar-refractivity contribution in [1.82, 2.24) is 0 Å². The minimum absolute atomic E-state index is 0.127. The lowest BCUT2D eigenvalue weighted by Crippen LogP contribution is -2.35. The number of rotatable bonds is 4. The van der Waals surface area contributed by atoms with Gasteiger partial charge in [0.15, 0.2) is 0 Å². The number of hydrogen-bond acceptors (Lipinski definition) is 3. The average molecular weight is 249 g/mol. The summed E-state index contributed by atoms with van der Waals surface area (Å²) in [5.41, 5.74) is 3.47. The molecule has 1 saturated heterocycles. The lowest BCUT2D eigenvalue weighted by atomic mass is 9.97. The molecule has 1 aliphatic heterocycles. The average Bonchev–Trinajstić information content (AvgIpc) is 2.40. The monoisotopic (exact) mass is 249 g/mol. The molecule has 0 atom stereocenters. The molecule has 3 heteroatoms. The highest BCUT2D eigenvalue weighted by Crippen LogP contribution is 2.25. The number of aliphatic hydroxyl groups is 1. The fourth-order valence-electron chi connectivity index (χ4n) is 2.65. The highest BCUT2D eigenvalue weighted by Gasteiger charge is 2.19. The molecule has 0 bridgehead atoms. The molecule has 0 aliphatic carbocycles. The molecule has 1 N–H and O–H groups in total. The molecule has 1 heterocycles. The summed E-state index contributed by atoms with van der Waals surface area (Å²) in [6.45, 7) is 5.28. The van der Waals surface area contributed by atoms with Crippen LogP contribution in [0.5, 0.6) is 0 Å². The molecule has 18 heavy (non-hydrogen) atoms. The van der Waals surface area contributed by atoms with Crippen LogP contribution in [0.4, 0.5) is 5.69 Å². The van der Waals surface area contributed by atoms with Crippen molar-refractivity contribution in [3.63, 3.8) is 0 Å². The Labute approximate surface area is 109 Å². The normalized spacial score (nSPS) is 17.2. The van der Waals surface area contributed by atoms with Crippen LogP contribution in [0.15, 0.2) is 18.2 Å². The second kappa shape index (κ2) is 6.21. The molecule has 1 aromatic carbocycles. The van der Waals surface area contributed by atoms with Crippen LogP contribution in [0, 0.1) is 12.8 Å². The van der Waals surface area contributed by atoms with Gasteiger partial charge in [-0.2, -0.15) is 0 Å². The Balaban J connectivity index is 1.99. The van der Waals surface area contributed by atoms with Crippen molar-refractivity contribution >= 4 is 5.69 Å². The van der Waals surface area contributed by atoms with E-state index < -0.39 is 0 Å². The Bertz CT molecular complexity index is 384. The molecule has 2 rings (SSSR count). The number of aliphatic hydroxyl groups excluding tert-OH is 1. The summed E-state index contributed by atoms with van der Waals surface area (Å²) in [4.78, 5) is 2.43. The van der Waals surface area contributed by atoms with Gasteiger partial charge >= 0.3 is 0 Å². The van der Waals surface area contributed by atoms with E-state index in [4.69, 9.17) is 4.74 Å². The Kier molecular flexibility index (Phi) is 4.61. The predicted molar refractivity (Wildman–Crippen MR) is 73.9 cm³/mol. The van der Waals surface area contributed by atoms with Crippen molar-refractivity contribution < 1.29 is 9.84 Å². The van der Waals surface area contributed by atoms with Gasteiger partial charge in [-0.15, -0.1) is 0 Å². The van der Waals surface area contributed by atoms with E-state index in [9.17, 15) is 5.11 Å². The van der Waals surface area contributed by atoms with Crippen LogP contribution in [-0.4, -0.2) is 31.9 Å². The van der Waals surface area contributed by atoms with Crippen molar-refractivity contribution in [2.45, 2.75) is 26.4 Å². The Morgan fingerprint density at radius 3 is 2.61 bits per heavy atom. The van der Waals surface area contributed by atoms with E-state index in [1.165, 1.54) is 24.1 Å². The highest BCUT2D eigenvalue weighted by molar-refractivity contribution is 5.51. The van der Waals surface area contributed by atoms with Gasteiger partial charge in [0.25, 0.3) is 0 Å². The number of methoxy groups -OCH3 is 1. The first-order valence-electron chi connectivity index (χ1n) is 6.69. The number of hydrogen-bond donors (Lipinski definition) is 1. The van der Waals surface area contributed by atoms with Gasteiger partial charge in [0, 0.05) is 32.5 Å². The summed E-state index contributed by atoms with van der Waals surface area (Å²) in [5.74, 6) is 0.712. The zero-order valence-corrected chi connectivity index (χ0v) is 11.4. The zero-order chi connectivity index (χ0) is 13.0. The quantitative estimate of drug-likeness (QED) is 0.889. The van der Waals surface area contributed by atoms with E-state index in [1.54, 1.807) is 7.11 Å². The third kappa shape index (κ3) is 3.03. The van der Waals surface area contributed by atoms with Crippen LogP contribution in [-0.2, 0) is 11.3 Å². The zero-order valence-electron chi connectivity index (χ0n) is 11.4. The van der Waals surface area contributed by atoms with E-state index in [2.05, 4.69) is 24.0 Å². The highest BCUT2D eigenvalue weighted by atomic mass is 16.5. The van der Waals surface area contributed by atoms with Crippen LogP contribution in [0.25, 0.3) is 0 Å². The van der Waals surface area contributed by atoms with Crippen molar-refractivity contribution in [2.24, 2.45) is 5.92 Å². The molecule has 0 amide bonds. The van der Waals surface area contributed by atoms with Gasteiger partial charge in [-0.3, -0.25) is 0 Å². The second-order valence-electron chi connectivity index (χ2n) is 5.15. The molecule has 0 radical (unpaired) electrons. The van der Waals surface area contributed by atoms with Crippen LogP contribution in [0.2, 0.25) is 0 Å². The third-order valence-electron chi connectivity index (χ3n) is 3.88. The molecular formula is C15H23NO2. The first-order valence-corrected chi connectivity index (χ1v) is 6.69. The second-order valence-corrected chi connectivity index (χ2v) is 5.15. The van der Waals surface area contributed by atoms with Crippen LogP contribution < -0.4 is 4.90 Å². The lowest BCUT2D eigenvalue weighted by molar-refractivity contribution is 0.139. The van der Waals surface area contributed by atoms with Crippen molar-refractivity contribution in [2.75, 3.05) is 31.7 Å². The van der Waals surface area contributed by atoms with Crippen LogP contribution in [0.3, 0.4) is 0 Å². The summed E-state index contributed by atoms with van der Waals surface area (Å²) in [7, 11) is 1.78. The number of benzene rings is 1. The van der Waals surface area contributed by atoms with E-state index in [0.717, 1.165) is 25.3 Å². The molecule has 0 unspecified atom stereocenters. The van der Waals surface area contributed by atoms with Gasteiger partial charge in [-0.1, -0.05) is 6.07 Å². The van der Waals surface area contributed by atoms with Gasteiger partial charge < -0.3 is 14.7 Å². The standard InChI is InChI=1S/C15H23NO2/c1-12-9-15(4-3-14(12)10-17)16-7-5-13(6-8-16)11-18-2/h3-4,9,13,17H,5-8,10-11H2,1-2H3. The SMILES string of the molecule is COCC1CCN(c2ccc(CO)c(C)c2)CC1. The Hall–Kier alpha value is -1.06. The van der Waals surface area contributed by atoms with Gasteiger partial charge in [0.2, 0.25) is 0 Å². The van der Waals surface area contributed by atoms with Crippen LogP contribution >= 0.6 is 0 Å². The minimum Gasteiger partial charge on any atom is -0.392 e. The summed E-state index contributed by atoms with van der Waals surface area (Å²) < 4.78 is 5.23. The molecule has 0 spiro atoms. The summed E-state index contributed by atoms with van der Waals surface area (Å²) in [6, 6.07) is 6.34. The first kappa shape index (κ1) is 13.4. The maximum atomic E-state index is 9.19. The number of aryl methyl sites for hydroxylation is 1. The fraction of sp³-hybridized carbons (Fsp3) is 0.600. The predicted octanol–water partition coefficient (Wildman–Crippen LogP) is 2.35. The first-order chi connectivity index (χ1) is 8.74. The van der Waals surface area contributed by atoms with Gasteiger partial charge in [0.05, 0.1) is 6.61 Å². The van der Waals surface area contributed by atoms with Gasteiger partial charge in [0.1, 0.15) is 0 Å². The number of nitrogens with zero attached hydrogens (tertiary/aromatic N) is 1. The van der Waals surface area contributed by atoms with Gasteiger partial charge in [-0.05, 0) is 48.9 Å². The fourth-order valence-corrected chi connectivity index (χ4v) is 2.65. The summed E-state index contributed by atoms with van der Waals surface area (Å²) >= 11 is 0. The molecule has 0 aromatic heterocycles. The molecule has 1 aliphatic rings. The minimum atomic E-state index is 0.127. The number of piperidine rings is 1. The topological polar surface area (TPSA) is 32.7 Å². The smallest absolute Gasteiger partial charge is 0.0684 e. The summed E-state index contributed by atoms with van der Waals surface area (Å²) in [5, 5.41) is 9.19. The maximum Gasteiger partial charge on any atom is 0.0684 e. The maximum absolute atomic E-state index is 9.19. The summed E-state index contributed by atoms with van der Waals surface area (Å²) in [6.07, 6.45) is 2.41. The Morgan fingerprint density at radius 2 is 2.06 bits per heavy atom. The van der Waals surface area contributed by atoms with E-state index in [-0.39, 0.29) is 6.61 Å². The molecule has 100 valence electrons. The molecule has 1 aromatic rings. The van der Waals surface area contributed by atoms with E-state index >= 15 is 0 Å². The molecule has 0 saturated carbocycles. The molecule has 1 fully saturated rings. The molecule has 3 nitrogen and oxygen atoms in total. The number of ether oxygens (including phenoxy) is 1. The number of anilines is 1. The Morgan fingerprint density at radius 1 is 1.33 bits per heavy atom.